The second-order valence-electron chi connectivity index (χ2n) is 4.39. The number of phenolic OH excluding ortho intramolecular Hbond substituents is 1. The Morgan fingerprint density at radius 2 is 2.09 bits per heavy atom. The van der Waals surface area contributed by atoms with E-state index in [0.29, 0.717) is 16.3 Å². The molecule has 0 saturated heterocycles. The van der Waals surface area contributed by atoms with E-state index in [-0.39, 0.29) is 12.1 Å². The van der Waals surface area contributed by atoms with E-state index in [1.54, 1.807) is 18.2 Å². The minimum absolute atomic E-state index is 0.150. The van der Waals surface area contributed by atoms with Crippen molar-refractivity contribution >= 4 is 28.9 Å². The van der Waals surface area contributed by atoms with Crippen LogP contribution in [-0.2, 0) is 6.54 Å². The number of benzene rings is 2. The van der Waals surface area contributed by atoms with Crippen molar-refractivity contribution in [1.29, 1.82) is 0 Å². The zero-order valence-electron chi connectivity index (χ0n) is 11.2. The van der Waals surface area contributed by atoms with Gasteiger partial charge in [0, 0.05) is 23.3 Å². The largest absolute Gasteiger partial charge is 0.502 e. The molecule has 1 amide bonds. The van der Waals surface area contributed by atoms with Crippen LogP contribution >= 0.6 is 11.6 Å². The fourth-order valence-electron chi connectivity index (χ4n) is 1.90. The van der Waals surface area contributed by atoms with E-state index in [4.69, 9.17) is 17.3 Å². The Morgan fingerprint density at radius 3 is 2.73 bits per heavy atom. The average Bonchev–Trinajstić information content (AvgIpc) is 2.48. The van der Waals surface area contributed by atoms with Gasteiger partial charge in [0.15, 0.2) is 0 Å². The molecule has 22 heavy (non-hydrogen) atoms. The molecule has 8 heteroatoms. The highest BCUT2D eigenvalue weighted by atomic mass is 35.5. The number of hydrogen-bond donors (Lipinski definition) is 3. The number of anilines is 1. The molecule has 0 fully saturated rings. The van der Waals surface area contributed by atoms with Gasteiger partial charge in [-0.3, -0.25) is 14.9 Å². The maximum atomic E-state index is 12.2. The molecule has 2 aromatic carbocycles. The SMILES string of the molecule is NCc1cc(Cl)ccc1NC(=O)c1cccc([N+](=O)[O-])c1O. The zero-order chi connectivity index (χ0) is 16.3. The quantitative estimate of drug-likeness (QED) is 0.591. The molecule has 0 aliphatic carbocycles. The Kier molecular flexibility index (Phi) is 4.59. The van der Waals surface area contributed by atoms with Crippen LogP contribution in [0.4, 0.5) is 11.4 Å². The van der Waals surface area contributed by atoms with E-state index in [1.807, 2.05) is 0 Å². The molecule has 2 aromatic rings. The number of nitrogens with one attached hydrogen (secondary N) is 1. The summed E-state index contributed by atoms with van der Waals surface area (Å²) in [7, 11) is 0. The van der Waals surface area contributed by atoms with Crippen molar-refractivity contribution in [3.8, 4) is 5.75 Å². The second kappa shape index (κ2) is 6.42. The van der Waals surface area contributed by atoms with Gasteiger partial charge in [0.1, 0.15) is 0 Å². The van der Waals surface area contributed by atoms with Gasteiger partial charge in [-0.2, -0.15) is 0 Å². The van der Waals surface area contributed by atoms with Crippen LogP contribution in [0.3, 0.4) is 0 Å². The third kappa shape index (κ3) is 3.16. The van der Waals surface area contributed by atoms with Gasteiger partial charge in [0.05, 0.1) is 10.5 Å². The number of aromatic hydroxyl groups is 1. The number of carbonyl (C=O) groups excluding carboxylic acids is 1. The molecule has 0 aliphatic rings. The minimum atomic E-state index is -0.764. The first kappa shape index (κ1) is 15.7. The van der Waals surface area contributed by atoms with Crippen molar-refractivity contribution in [3.63, 3.8) is 0 Å². The van der Waals surface area contributed by atoms with Crippen LogP contribution in [-0.4, -0.2) is 15.9 Å². The molecule has 2 rings (SSSR count). The standard InChI is InChI=1S/C14H12ClN3O4/c15-9-4-5-11(8(6-9)7-16)17-14(20)10-2-1-3-12(13(10)19)18(21)22/h1-6,19H,7,16H2,(H,17,20). The fourth-order valence-corrected chi connectivity index (χ4v) is 2.10. The van der Waals surface area contributed by atoms with Gasteiger partial charge in [-0.1, -0.05) is 17.7 Å². The van der Waals surface area contributed by atoms with Gasteiger partial charge in [-0.25, -0.2) is 0 Å². The normalized spacial score (nSPS) is 10.3. The maximum absolute atomic E-state index is 12.2. The molecule has 0 spiro atoms. The molecule has 0 atom stereocenters. The lowest BCUT2D eigenvalue weighted by Crippen LogP contribution is -2.15. The van der Waals surface area contributed by atoms with Crippen LogP contribution < -0.4 is 11.1 Å². The van der Waals surface area contributed by atoms with Crippen LogP contribution in [0.2, 0.25) is 5.02 Å². The predicted molar refractivity (Wildman–Crippen MR) is 82.1 cm³/mol. The summed E-state index contributed by atoms with van der Waals surface area (Å²) in [5.74, 6) is -1.37. The molecular formula is C14H12ClN3O4. The van der Waals surface area contributed by atoms with E-state index in [1.165, 1.54) is 12.1 Å². The second-order valence-corrected chi connectivity index (χ2v) is 4.83. The van der Waals surface area contributed by atoms with Crippen molar-refractivity contribution < 1.29 is 14.8 Å². The Bertz CT molecular complexity index is 749. The number of carbonyl (C=O) groups is 1. The Balaban J connectivity index is 2.34. The summed E-state index contributed by atoms with van der Waals surface area (Å²) in [6, 6.07) is 8.46. The van der Waals surface area contributed by atoms with Gasteiger partial charge in [0.25, 0.3) is 5.91 Å². The first-order chi connectivity index (χ1) is 10.4. The van der Waals surface area contributed by atoms with Crippen LogP contribution in [0, 0.1) is 10.1 Å². The minimum Gasteiger partial charge on any atom is -0.502 e. The Hall–Kier alpha value is -2.64. The number of phenols is 1. The van der Waals surface area contributed by atoms with E-state index < -0.39 is 22.3 Å². The molecule has 0 bridgehead atoms. The van der Waals surface area contributed by atoms with Gasteiger partial charge in [0.2, 0.25) is 5.75 Å². The smallest absolute Gasteiger partial charge is 0.311 e. The van der Waals surface area contributed by atoms with Crippen molar-refractivity contribution in [3.05, 3.63) is 62.7 Å². The average molecular weight is 322 g/mol. The summed E-state index contributed by atoms with van der Waals surface area (Å²) < 4.78 is 0. The summed E-state index contributed by atoms with van der Waals surface area (Å²) in [6.07, 6.45) is 0. The maximum Gasteiger partial charge on any atom is 0.311 e. The number of halogens is 1. The third-order valence-corrected chi connectivity index (χ3v) is 3.23. The number of nitro groups is 1. The molecule has 0 aromatic heterocycles. The summed E-state index contributed by atoms with van der Waals surface area (Å²) in [5, 5.41) is 23.6. The topological polar surface area (TPSA) is 118 Å². The molecule has 0 heterocycles. The van der Waals surface area contributed by atoms with E-state index in [0.717, 1.165) is 6.07 Å². The molecule has 7 nitrogen and oxygen atoms in total. The van der Waals surface area contributed by atoms with Crippen LogP contribution in [0.5, 0.6) is 5.75 Å². The molecule has 0 saturated carbocycles. The number of nitrogens with two attached hydrogens (primary N) is 1. The molecule has 0 unspecified atom stereocenters. The van der Waals surface area contributed by atoms with Gasteiger partial charge >= 0.3 is 5.69 Å². The fraction of sp³-hybridized carbons (Fsp3) is 0.0714. The lowest BCUT2D eigenvalue weighted by molar-refractivity contribution is -0.385. The highest BCUT2D eigenvalue weighted by molar-refractivity contribution is 6.30. The summed E-state index contributed by atoms with van der Waals surface area (Å²) in [6.45, 7) is 0.150. The van der Waals surface area contributed by atoms with Crippen molar-refractivity contribution in [2.75, 3.05) is 5.32 Å². The summed E-state index contributed by atoms with van der Waals surface area (Å²) in [5.41, 5.74) is 5.86. The third-order valence-electron chi connectivity index (χ3n) is 2.99. The predicted octanol–water partition coefficient (Wildman–Crippen LogP) is 2.66. The molecule has 4 N–H and O–H groups in total. The lowest BCUT2D eigenvalue weighted by atomic mass is 10.1. The molecule has 114 valence electrons. The van der Waals surface area contributed by atoms with Crippen molar-refractivity contribution in [2.24, 2.45) is 5.73 Å². The number of nitrogens with zero attached hydrogens (tertiary/aromatic N) is 1. The number of para-hydroxylation sites is 1. The number of nitro benzene ring substituents is 1. The molecule has 0 radical (unpaired) electrons. The summed E-state index contributed by atoms with van der Waals surface area (Å²) in [4.78, 5) is 22.2. The Labute approximate surface area is 130 Å². The van der Waals surface area contributed by atoms with Crippen molar-refractivity contribution in [2.45, 2.75) is 6.54 Å². The number of hydrogen-bond acceptors (Lipinski definition) is 5. The van der Waals surface area contributed by atoms with Gasteiger partial charge < -0.3 is 16.2 Å². The van der Waals surface area contributed by atoms with Crippen molar-refractivity contribution in [1.82, 2.24) is 0 Å². The van der Waals surface area contributed by atoms with Crippen LogP contribution in [0.15, 0.2) is 36.4 Å². The monoisotopic (exact) mass is 321 g/mol. The van der Waals surface area contributed by atoms with E-state index in [9.17, 15) is 20.0 Å². The van der Waals surface area contributed by atoms with Gasteiger partial charge in [-0.15, -0.1) is 0 Å². The van der Waals surface area contributed by atoms with E-state index >= 15 is 0 Å². The first-order valence-electron chi connectivity index (χ1n) is 6.20. The van der Waals surface area contributed by atoms with Crippen LogP contribution in [0.1, 0.15) is 15.9 Å². The van der Waals surface area contributed by atoms with Crippen LogP contribution in [0.25, 0.3) is 0 Å². The highest BCUT2D eigenvalue weighted by Crippen LogP contribution is 2.30. The van der Waals surface area contributed by atoms with E-state index in [2.05, 4.69) is 5.32 Å². The van der Waals surface area contributed by atoms with Gasteiger partial charge in [-0.05, 0) is 29.8 Å². The molecule has 0 aliphatic heterocycles. The Morgan fingerprint density at radius 1 is 1.36 bits per heavy atom. The first-order valence-corrected chi connectivity index (χ1v) is 6.58. The highest BCUT2D eigenvalue weighted by Gasteiger charge is 2.21. The zero-order valence-corrected chi connectivity index (χ0v) is 12.0. The summed E-state index contributed by atoms with van der Waals surface area (Å²) >= 11 is 5.85. The number of amides is 1. The lowest BCUT2D eigenvalue weighted by Gasteiger charge is -2.11. The number of rotatable bonds is 4. The molecular weight excluding hydrogens is 310 g/mol.